The first-order valence-electron chi connectivity index (χ1n) is 9.37. The standard InChI is InChI=1S/C22H20Cl3N3O3S/c1-30-17-10-8-15(12-18(17)31-2)19(29)27-20(22(23,24)25)28-21(32)26-16-9-7-13-5-3-4-6-14(13)11-16/h3-12,20H,1-2H3,(H,27,29)(H2,26,28,32). The molecule has 10 heteroatoms. The van der Waals surface area contributed by atoms with Crippen LogP contribution in [0.4, 0.5) is 5.69 Å². The fourth-order valence-electron chi connectivity index (χ4n) is 2.96. The summed E-state index contributed by atoms with van der Waals surface area (Å²) in [7, 11) is 2.98. The Hall–Kier alpha value is -2.45. The van der Waals surface area contributed by atoms with Gasteiger partial charge < -0.3 is 25.4 Å². The highest BCUT2D eigenvalue weighted by atomic mass is 35.6. The minimum atomic E-state index is -1.89. The molecule has 32 heavy (non-hydrogen) atoms. The third-order valence-corrected chi connectivity index (χ3v) is 5.41. The highest BCUT2D eigenvalue weighted by Crippen LogP contribution is 2.31. The van der Waals surface area contributed by atoms with Gasteiger partial charge in [-0.15, -0.1) is 0 Å². The summed E-state index contributed by atoms with van der Waals surface area (Å²) >= 11 is 23.6. The SMILES string of the molecule is COc1ccc(C(=O)NC(NC(=S)Nc2ccc3ccccc3c2)C(Cl)(Cl)Cl)cc1OC. The van der Waals surface area contributed by atoms with Gasteiger partial charge in [0.1, 0.15) is 6.17 Å². The number of hydrogen-bond acceptors (Lipinski definition) is 4. The quantitative estimate of drug-likeness (QED) is 0.237. The summed E-state index contributed by atoms with van der Waals surface area (Å²) in [6, 6.07) is 18.4. The Balaban J connectivity index is 1.72. The first-order valence-corrected chi connectivity index (χ1v) is 10.9. The van der Waals surface area contributed by atoms with Gasteiger partial charge in [0.15, 0.2) is 16.6 Å². The molecule has 3 rings (SSSR count). The molecular formula is C22H20Cl3N3O3S. The maximum atomic E-state index is 12.8. The Morgan fingerprint density at radius 2 is 1.59 bits per heavy atom. The van der Waals surface area contributed by atoms with E-state index < -0.39 is 15.9 Å². The highest BCUT2D eigenvalue weighted by molar-refractivity contribution is 7.80. The number of carbonyl (C=O) groups is 1. The predicted octanol–water partition coefficient (Wildman–Crippen LogP) is 5.27. The fourth-order valence-corrected chi connectivity index (χ4v) is 3.52. The van der Waals surface area contributed by atoms with Crippen molar-refractivity contribution < 1.29 is 14.3 Å². The molecule has 168 valence electrons. The second kappa shape index (κ2) is 10.4. The number of benzene rings is 3. The molecule has 0 bridgehead atoms. The summed E-state index contributed by atoms with van der Waals surface area (Å²) in [6.45, 7) is 0. The predicted molar refractivity (Wildman–Crippen MR) is 134 cm³/mol. The number of fused-ring (bicyclic) bond motifs is 1. The van der Waals surface area contributed by atoms with Crippen LogP contribution in [0.15, 0.2) is 60.7 Å². The van der Waals surface area contributed by atoms with E-state index in [2.05, 4.69) is 16.0 Å². The second-order valence-corrected chi connectivity index (χ2v) is 9.46. The zero-order valence-electron chi connectivity index (χ0n) is 17.1. The highest BCUT2D eigenvalue weighted by Gasteiger charge is 2.35. The lowest BCUT2D eigenvalue weighted by molar-refractivity contribution is 0.0934. The van der Waals surface area contributed by atoms with Crippen LogP contribution in [0.5, 0.6) is 11.5 Å². The van der Waals surface area contributed by atoms with Gasteiger partial charge in [-0.2, -0.15) is 0 Å². The fraction of sp³-hybridized carbons (Fsp3) is 0.182. The molecule has 0 saturated carbocycles. The topological polar surface area (TPSA) is 71.6 Å². The number of amides is 1. The molecule has 0 aliphatic carbocycles. The Morgan fingerprint density at radius 1 is 0.906 bits per heavy atom. The molecule has 0 aliphatic rings. The molecule has 6 nitrogen and oxygen atoms in total. The molecule has 1 unspecified atom stereocenters. The smallest absolute Gasteiger partial charge is 0.253 e. The second-order valence-electron chi connectivity index (χ2n) is 6.68. The molecule has 3 aromatic carbocycles. The van der Waals surface area contributed by atoms with Gasteiger partial charge in [0.2, 0.25) is 3.79 Å². The number of anilines is 1. The molecular weight excluding hydrogens is 493 g/mol. The monoisotopic (exact) mass is 511 g/mol. The van der Waals surface area contributed by atoms with E-state index in [1.54, 1.807) is 12.1 Å². The summed E-state index contributed by atoms with van der Waals surface area (Å²) in [5.74, 6) is 0.385. The van der Waals surface area contributed by atoms with Crippen molar-refractivity contribution >= 4 is 74.5 Å². The molecule has 3 aromatic rings. The van der Waals surface area contributed by atoms with Crippen LogP contribution in [0.1, 0.15) is 10.4 Å². The molecule has 0 aromatic heterocycles. The summed E-state index contributed by atoms with van der Waals surface area (Å²) in [5.41, 5.74) is 1.03. The molecule has 0 heterocycles. The number of hydrogen-bond donors (Lipinski definition) is 3. The number of carbonyl (C=O) groups excluding carboxylic acids is 1. The van der Waals surface area contributed by atoms with Crippen LogP contribution in [0, 0.1) is 0 Å². The lowest BCUT2D eigenvalue weighted by atomic mass is 10.1. The Morgan fingerprint density at radius 3 is 2.25 bits per heavy atom. The van der Waals surface area contributed by atoms with Crippen LogP contribution >= 0.6 is 47.0 Å². The van der Waals surface area contributed by atoms with Gasteiger partial charge in [0.05, 0.1) is 14.2 Å². The Bertz CT molecular complexity index is 1140. The number of rotatable bonds is 6. The number of nitrogens with one attached hydrogen (secondary N) is 3. The lowest BCUT2D eigenvalue weighted by Crippen LogP contribution is -2.56. The van der Waals surface area contributed by atoms with Crippen molar-refractivity contribution in [2.45, 2.75) is 9.96 Å². The van der Waals surface area contributed by atoms with E-state index in [-0.39, 0.29) is 10.7 Å². The molecule has 1 atom stereocenters. The minimum absolute atomic E-state index is 0.171. The van der Waals surface area contributed by atoms with E-state index in [1.165, 1.54) is 20.3 Å². The van der Waals surface area contributed by atoms with Crippen molar-refractivity contribution in [1.82, 2.24) is 10.6 Å². The summed E-state index contributed by atoms with van der Waals surface area (Å²) < 4.78 is 8.53. The van der Waals surface area contributed by atoms with E-state index in [4.69, 9.17) is 56.5 Å². The van der Waals surface area contributed by atoms with Crippen LogP contribution in [0.2, 0.25) is 0 Å². The number of ether oxygens (including phenoxy) is 2. The molecule has 0 saturated heterocycles. The number of alkyl halides is 3. The van der Waals surface area contributed by atoms with Crippen LogP contribution in [-0.2, 0) is 0 Å². The maximum Gasteiger partial charge on any atom is 0.253 e. The zero-order valence-corrected chi connectivity index (χ0v) is 20.2. The van der Waals surface area contributed by atoms with Crippen LogP contribution in [-0.4, -0.2) is 35.2 Å². The van der Waals surface area contributed by atoms with Crippen LogP contribution < -0.4 is 25.4 Å². The van der Waals surface area contributed by atoms with Gasteiger partial charge in [0.25, 0.3) is 5.91 Å². The van der Waals surface area contributed by atoms with E-state index in [0.717, 1.165) is 16.5 Å². The van der Waals surface area contributed by atoms with E-state index in [1.807, 2.05) is 42.5 Å². The maximum absolute atomic E-state index is 12.8. The van der Waals surface area contributed by atoms with Gasteiger partial charge in [-0.05, 0) is 53.3 Å². The molecule has 1 amide bonds. The van der Waals surface area contributed by atoms with Crippen LogP contribution in [0.3, 0.4) is 0 Å². The average molecular weight is 513 g/mol. The molecule has 0 fully saturated rings. The van der Waals surface area contributed by atoms with Gasteiger partial charge >= 0.3 is 0 Å². The van der Waals surface area contributed by atoms with Crippen molar-refractivity contribution in [3.05, 3.63) is 66.2 Å². The lowest BCUT2D eigenvalue weighted by Gasteiger charge is -2.28. The normalized spacial score (nSPS) is 12.0. The van der Waals surface area contributed by atoms with Gasteiger partial charge in [0, 0.05) is 11.3 Å². The van der Waals surface area contributed by atoms with E-state index >= 15 is 0 Å². The largest absolute Gasteiger partial charge is 0.493 e. The van der Waals surface area contributed by atoms with Crippen molar-refractivity contribution in [3.63, 3.8) is 0 Å². The summed E-state index contributed by atoms with van der Waals surface area (Å²) in [5, 5.41) is 10.8. The summed E-state index contributed by atoms with van der Waals surface area (Å²) in [6.07, 6.45) is -1.12. The number of methoxy groups -OCH3 is 2. The van der Waals surface area contributed by atoms with Gasteiger partial charge in [-0.1, -0.05) is 65.1 Å². The van der Waals surface area contributed by atoms with Crippen LogP contribution in [0.25, 0.3) is 10.8 Å². The molecule has 0 spiro atoms. The molecule has 0 aliphatic heterocycles. The number of halogens is 3. The minimum Gasteiger partial charge on any atom is -0.493 e. The van der Waals surface area contributed by atoms with Crippen molar-refractivity contribution in [3.8, 4) is 11.5 Å². The summed E-state index contributed by atoms with van der Waals surface area (Å²) in [4.78, 5) is 12.8. The first kappa shape index (κ1) is 24.2. The van der Waals surface area contributed by atoms with Crippen molar-refractivity contribution in [2.24, 2.45) is 0 Å². The third kappa shape index (κ3) is 6.07. The Labute approximate surface area is 206 Å². The van der Waals surface area contributed by atoms with Crippen molar-refractivity contribution in [1.29, 1.82) is 0 Å². The van der Waals surface area contributed by atoms with E-state index in [0.29, 0.717) is 11.5 Å². The van der Waals surface area contributed by atoms with Gasteiger partial charge in [-0.25, -0.2) is 0 Å². The third-order valence-electron chi connectivity index (χ3n) is 4.53. The van der Waals surface area contributed by atoms with Gasteiger partial charge in [-0.3, -0.25) is 4.79 Å². The van der Waals surface area contributed by atoms with Crippen molar-refractivity contribution in [2.75, 3.05) is 19.5 Å². The zero-order chi connectivity index (χ0) is 23.3. The number of thiocarbonyl (C=S) groups is 1. The Kier molecular flexibility index (Phi) is 7.90. The van der Waals surface area contributed by atoms with E-state index in [9.17, 15) is 4.79 Å². The molecule has 3 N–H and O–H groups in total. The average Bonchev–Trinajstić information content (AvgIpc) is 2.77. The molecule has 0 radical (unpaired) electrons. The first-order chi connectivity index (χ1) is 15.2.